The first kappa shape index (κ1) is 13.6. The van der Waals surface area contributed by atoms with Crippen LogP contribution < -0.4 is 16.4 Å². The second-order valence-electron chi connectivity index (χ2n) is 5.48. The second kappa shape index (κ2) is 5.57. The third-order valence-electron chi connectivity index (χ3n) is 3.93. The van der Waals surface area contributed by atoms with E-state index in [1.54, 1.807) is 7.11 Å². The zero-order chi connectivity index (χ0) is 14.1. The zero-order valence-corrected chi connectivity index (χ0v) is 12.3. The fourth-order valence-electron chi connectivity index (χ4n) is 2.65. The molecular weight excluding hydrogens is 276 g/mol. The number of nitrogens with two attached hydrogens (primary N) is 1. The summed E-state index contributed by atoms with van der Waals surface area (Å²) in [6, 6.07) is 0.542. The molecule has 110 valence electrons. The van der Waals surface area contributed by atoms with Gasteiger partial charge >= 0.3 is 0 Å². The number of nitrogens with zero attached hydrogens (tertiary/aromatic N) is 1. The smallest absolute Gasteiger partial charge is 0.258 e. The Balaban J connectivity index is 1.74. The summed E-state index contributed by atoms with van der Waals surface area (Å²) in [5, 5.41) is 7.12. The van der Waals surface area contributed by atoms with Gasteiger partial charge in [-0.2, -0.15) is 4.37 Å². The van der Waals surface area contributed by atoms with Crippen molar-refractivity contribution in [1.82, 2.24) is 9.69 Å². The molecule has 0 bridgehead atoms. The number of aromatic nitrogens is 1. The molecule has 0 saturated heterocycles. The van der Waals surface area contributed by atoms with Crippen LogP contribution in [0.3, 0.4) is 0 Å². The molecule has 1 heterocycles. The van der Waals surface area contributed by atoms with Gasteiger partial charge in [-0.15, -0.1) is 0 Å². The summed E-state index contributed by atoms with van der Waals surface area (Å²) in [4.78, 5) is 12.2. The number of carbonyl (C=O) groups excluding carboxylic acids is 1. The molecular formula is C13H20N4O2S. The van der Waals surface area contributed by atoms with Crippen molar-refractivity contribution in [2.45, 2.75) is 50.3 Å². The Bertz CT molecular complexity index is 501. The van der Waals surface area contributed by atoms with Gasteiger partial charge in [-0.05, 0) is 43.6 Å². The van der Waals surface area contributed by atoms with E-state index in [0.29, 0.717) is 17.4 Å². The summed E-state index contributed by atoms with van der Waals surface area (Å²) in [5.41, 5.74) is 6.34. The lowest BCUT2D eigenvalue weighted by atomic mass is 10.2. The number of ether oxygens (including phenoxy) is 1. The molecule has 3 rings (SSSR count). The molecule has 4 N–H and O–H groups in total. The van der Waals surface area contributed by atoms with Crippen molar-refractivity contribution in [3.8, 4) is 0 Å². The standard InChI is InChI=1S/C13H20N4O2S/c1-19-9-4-2-3-8(9)16-13-10(11(14)17-20-13)12(18)15-7-5-6-7/h7-9,16H,2-6H2,1H3,(H2,14,17)(H,15,18). The number of nitrogens with one attached hydrogen (secondary N) is 2. The number of nitrogen functional groups attached to an aromatic ring is 1. The molecule has 2 unspecified atom stereocenters. The Morgan fingerprint density at radius 3 is 2.90 bits per heavy atom. The molecule has 2 fully saturated rings. The molecule has 1 aromatic heterocycles. The summed E-state index contributed by atoms with van der Waals surface area (Å²) in [6.07, 6.45) is 5.53. The van der Waals surface area contributed by atoms with Crippen molar-refractivity contribution >= 4 is 28.3 Å². The van der Waals surface area contributed by atoms with Crippen molar-refractivity contribution in [3.63, 3.8) is 0 Å². The Morgan fingerprint density at radius 1 is 1.40 bits per heavy atom. The fourth-order valence-corrected chi connectivity index (χ4v) is 3.42. The van der Waals surface area contributed by atoms with E-state index in [0.717, 1.165) is 37.1 Å². The van der Waals surface area contributed by atoms with E-state index in [2.05, 4.69) is 15.0 Å². The van der Waals surface area contributed by atoms with Crippen LogP contribution in [-0.4, -0.2) is 35.6 Å². The third-order valence-corrected chi connectivity index (χ3v) is 4.72. The minimum atomic E-state index is -0.117. The Hall–Kier alpha value is -1.34. The van der Waals surface area contributed by atoms with E-state index < -0.39 is 0 Å². The largest absolute Gasteiger partial charge is 0.382 e. The van der Waals surface area contributed by atoms with E-state index in [1.165, 1.54) is 11.5 Å². The molecule has 2 aliphatic rings. The van der Waals surface area contributed by atoms with Crippen LogP contribution in [0.15, 0.2) is 0 Å². The van der Waals surface area contributed by atoms with Gasteiger partial charge in [0.15, 0.2) is 5.82 Å². The molecule has 20 heavy (non-hydrogen) atoms. The van der Waals surface area contributed by atoms with Crippen LogP contribution in [0.25, 0.3) is 0 Å². The molecule has 0 aromatic carbocycles. The van der Waals surface area contributed by atoms with E-state index in [-0.39, 0.29) is 18.1 Å². The number of hydrogen-bond donors (Lipinski definition) is 3. The van der Waals surface area contributed by atoms with Crippen LogP contribution in [0.4, 0.5) is 10.8 Å². The summed E-state index contributed by atoms with van der Waals surface area (Å²) >= 11 is 1.25. The van der Waals surface area contributed by atoms with Crippen molar-refractivity contribution in [2.75, 3.05) is 18.2 Å². The normalized spacial score (nSPS) is 25.6. The lowest BCUT2D eigenvalue weighted by Gasteiger charge is -2.20. The number of carbonyl (C=O) groups is 1. The predicted octanol–water partition coefficient (Wildman–Crippen LogP) is 1.60. The lowest BCUT2D eigenvalue weighted by Crippen LogP contribution is -2.31. The van der Waals surface area contributed by atoms with Crippen molar-refractivity contribution in [2.24, 2.45) is 0 Å². The van der Waals surface area contributed by atoms with Gasteiger partial charge in [-0.25, -0.2) is 0 Å². The molecule has 1 amide bonds. The number of hydrogen-bond acceptors (Lipinski definition) is 6. The van der Waals surface area contributed by atoms with Gasteiger partial charge < -0.3 is 21.1 Å². The van der Waals surface area contributed by atoms with Gasteiger partial charge in [0.1, 0.15) is 10.6 Å². The molecule has 2 atom stereocenters. The highest BCUT2D eigenvalue weighted by Crippen LogP contribution is 2.32. The quantitative estimate of drug-likeness (QED) is 0.768. The van der Waals surface area contributed by atoms with Gasteiger partial charge in [0.2, 0.25) is 0 Å². The number of methoxy groups -OCH3 is 1. The average molecular weight is 296 g/mol. The maximum atomic E-state index is 12.2. The summed E-state index contributed by atoms with van der Waals surface area (Å²) in [6.45, 7) is 0. The van der Waals surface area contributed by atoms with Gasteiger partial charge in [-0.1, -0.05) is 0 Å². The second-order valence-corrected chi connectivity index (χ2v) is 6.25. The number of amides is 1. The van der Waals surface area contributed by atoms with Crippen LogP contribution in [0, 0.1) is 0 Å². The third kappa shape index (κ3) is 2.73. The topological polar surface area (TPSA) is 89.3 Å². The highest BCUT2D eigenvalue weighted by Gasteiger charge is 2.31. The van der Waals surface area contributed by atoms with Crippen LogP contribution in [0.1, 0.15) is 42.5 Å². The summed E-state index contributed by atoms with van der Waals surface area (Å²) in [5.74, 6) is 0.191. The molecule has 0 radical (unpaired) electrons. The van der Waals surface area contributed by atoms with Crippen LogP contribution in [-0.2, 0) is 4.74 Å². The molecule has 2 aliphatic carbocycles. The first-order valence-electron chi connectivity index (χ1n) is 7.04. The highest BCUT2D eigenvalue weighted by atomic mass is 32.1. The first-order chi connectivity index (χ1) is 9.69. The summed E-state index contributed by atoms with van der Waals surface area (Å²) in [7, 11) is 1.73. The first-order valence-corrected chi connectivity index (χ1v) is 7.81. The van der Waals surface area contributed by atoms with Crippen LogP contribution in [0.5, 0.6) is 0 Å². The SMILES string of the molecule is COC1CCCC1Nc1snc(N)c1C(=O)NC1CC1. The van der Waals surface area contributed by atoms with E-state index in [4.69, 9.17) is 10.5 Å². The fraction of sp³-hybridized carbons (Fsp3) is 0.692. The molecule has 2 saturated carbocycles. The van der Waals surface area contributed by atoms with Crippen LogP contribution in [0.2, 0.25) is 0 Å². The number of anilines is 2. The van der Waals surface area contributed by atoms with Gasteiger partial charge in [0.25, 0.3) is 5.91 Å². The van der Waals surface area contributed by atoms with Crippen molar-refractivity contribution < 1.29 is 9.53 Å². The van der Waals surface area contributed by atoms with Crippen LogP contribution >= 0.6 is 11.5 Å². The highest BCUT2D eigenvalue weighted by molar-refractivity contribution is 7.11. The van der Waals surface area contributed by atoms with Crippen molar-refractivity contribution in [3.05, 3.63) is 5.56 Å². The van der Waals surface area contributed by atoms with Gasteiger partial charge in [0.05, 0.1) is 12.1 Å². The molecule has 6 nitrogen and oxygen atoms in total. The molecule has 0 spiro atoms. The Morgan fingerprint density at radius 2 is 2.20 bits per heavy atom. The minimum absolute atomic E-state index is 0.117. The van der Waals surface area contributed by atoms with E-state index in [9.17, 15) is 4.79 Å². The predicted molar refractivity (Wildman–Crippen MR) is 79.1 cm³/mol. The maximum absolute atomic E-state index is 12.2. The molecule has 7 heteroatoms. The minimum Gasteiger partial charge on any atom is -0.382 e. The Kier molecular flexibility index (Phi) is 3.80. The average Bonchev–Trinajstić information content (AvgIpc) is 2.99. The van der Waals surface area contributed by atoms with E-state index in [1.807, 2.05) is 0 Å². The lowest BCUT2D eigenvalue weighted by molar-refractivity contribution is 0.0950. The van der Waals surface area contributed by atoms with Crippen molar-refractivity contribution in [1.29, 1.82) is 0 Å². The van der Waals surface area contributed by atoms with Gasteiger partial charge in [-0.3, -0.25) is 4.79 Å². The Labute approximate surface area is 122 Å². The van der Waals surface area contributed by atoms with E-state index >= 15 is 0 Å². The summed E-state index contributed by atoms with van der Waals surface area (Å²) < 4.78 is 9.58. The number of rotatable bonds is 5. The zero-order valence-electron chi connectivity index (χ0n) is 11.5. The monoisotopic (exact) mass is 296 g/mol. The molecule has 0 aliphatic heterocycles. The molecule has 1 aromatic rings. The maximum Gasteiger partial charge on any atom is 0.258 e. The van der Waals surface area contributed by atoms with Gasteiger partial charge in [0, 0.05) is 13.2 Å².